The van der Waals surface area contributed by atoms with Crippen LogP contribution in [0.25, 0.3) is 39.8 Å². The average Bonchev–Trinajstić information content (AvgIpc) is 3.38. The van der Waals surface area contributed by atoms with Gasteiger partial charge in [-0.3, -0.25) is 0 Å². The van der Waals surface area contributed by atoms with E-state index in [1.807, 2.05) is 62.8 Å². The predicted octanol–water partition coefficient (Wildman–Crippen LogP) is 6.21. The first-order chi connectivity index (χ1) is 15.8. The largest absolute Gasteiger partial charge is 0.489 e. The molecule has 2 aromatic carbocycles. The number of para-hydroxylation sites is 1. The average molecular weight is 466 g/mol. The molecule has 0 fully saturated rings. The molecule has 1 N–H and O–H groups in total. The molecule has 170 valence electrons. The van der Waals surface area contributed by atoms with E-state index >= 15 is 0 Å². The van der Waals surface area contributed by atoms with Gasteiger partial charge in [0.2, 0.25) is 5.82 Å². The maximum absolute atomic E-state index is 11.5. The lowest BCUT2D eigenvalue weighted by atomic mass is 10.1. The Morgan fingerprint density at radius 1 is 1.30 bits per heavy atom. The summed E-state index contributed by atoms with van der Waals surface area (Å²) in [7, 11) is 1.91. The molecule has 2 aromatic heterocycles. The van der Waals surface area contributed by atoms with Gasteiger partial charge in [-0.05, 0) is 50.6 Å². The lowest BCUT2D eigenvalue weighted by molar-refractivity contribution is -0.132. The van der Waals surface area contributed by atoms with E-state index in [1.165, 1.54) is 0 Å². The van der Waals surface area contributed by atoms with Crippen molar-refractivity contribution in [2.45, 2.75) is 33.3 Å². The van der Waals surface area contributed by atoms with Crippen molar-refractivity contribution < 1.29 is 19.2 Å². The third-order valence-corrected chi connectivity index (χ3v) is 5.52. The van der Waals surface area contributed by atoms with Gasteiger partial charge in [0.15, 0.2) is 0 Å². The lowest BCUT2D eigenvalue weighted by Crippen LogP contribution is -2.05. The van der Waals surface area contributed by atoms with E-state index in [0.717, 1.165) is 22.0 Å². The molecule has 4 aromatic rings. The van der Waals surface area contributed by atoms with Gasteiger partial charge in [0, 0.05) is 40.9 Å². The van der Waals surface area contributed by atoms with E-state index < -0.39 is 5.97 Å². The van der Waals surface area contributed by atoms with Gasteiger partial charge in [-0.15, -0.1) is 0 Å². The molecule has 0 radical (unpaired) electrons. The Hall–Kier alpha value is -3.58. The van der Waals surface area contributed by atoms with Crippen molar-refractivity contribution in [2.24, 2.45) is 7.05 Å². The molecule has 8 heteroatoms. The minimum atomic E-state index is -0.919. The van der Waals surface area contributed by atoms with Crippen molar-refractivity contribution in [3.63, 3.8) is 0 Å². The molecule has 0 saturated carbocycles. The second-order valence-electron chi connectivity index (χ2n) is 7.96. The number of carboxylic acid groups (broad SMARTS) is 1. The highest BCUT2D eigenvalue weighted by atomic mass is 35.5. The van der Waals surface area contributed by atoms with Crippen LogP contribution in [0.3, 0.4) is 0 Å². The molecule has 0 aliphatic heterocycles. The molecule has 0 amide bonds. The van der Waals surface area contributed by atoms with E-state index in [4.69, 9.17) is 20.9 Å². The summed E-state index contributed by atoms with van der Waals surface area (Å²) < 4.78 is 13.2. The van der Waals surface area contributed by atoms with Crippen molar-refractivity contribution in [3.05, 3.63) is 58.8 Å². The predicted molar refractivity (Wildman–Crippen MR) is 128 cm³/mol. The van der Waals surface area contributed by atoms with Crippen molar-refractivity contribution in [1.29, 1.82) is 0 Å². The molecule has 2 heterocycles. The number of aromatic nitrogens is 3. The van der Waals surface area contributed by atoms with Gasteiger partial charge in [0.25, 0.3) is 5.89 Å². The Kier molecular flexibility index (Phi) is 6.24. The van der Waals surface area contributed by atoms with Crippen LogP contribution in [0.1, 0.15) is 32.8 Å². The van der Waals surface area contributed by atoms with Crippen molar-refractivity contribution in [3.8, 4) is 28.6 Å². The molecule has 0 aliphatic rings. The van der Waals surface area contributed by atoms with Gasteiger partial charge in [-0.25, -0.2) is 4.79 Å². The molecule has 0 bridgehead atoms. The number of hydrogen-bond donors (Lipinski definition) is 1. The van der Waals surface area contributed by atoms with Crippen LogP contribution < -0.4 is 4.74 Å². The fourth-order valence-corrected chi connectivity index (χ4v) is 3.96. The van der Waals surface area contributed by atoms with Gasteiger partial charge >= 0.3 is 5.97 Å². The number of hydrogen-bond acceptors (Lipinski definition) is 5. The quantitative estimate of drug-likeness (QED) is 0.326. The number of rotatable bonds is 7. The Bertz CT molecular complexity index is 1370. The first-order valence-corrected chi connectivity index (χ1v) is 11.0. The highest BCUT2D eigenvalue weighted by molar-refractivity contribution is 6.32. The van der Waals surface area contributed by atoms with E-state index in [2.05, 4.69) is 10.1 Å². The van der Waals surface area contributed by atoms with E-state index in [-0.39, 0.29) is 6.10 Å². The standard InChI is InChI=1S/C25H24ClN3O4/c1-5-15(25(30)31)11-17-13-29(4)22-18(17)7-6-8-19(22)23-27-24(33-28-23)16-9-10-21(20(26)12-16)32-14(2)3/h6-14H,5H2,1-4H3,(H,30,31). The molecule has 7 nitrogen and oxygen atoms in total. The molecule has 0 aliphatic carbocycles. The zero-order valence-electron chi connectivity index (χ0n) is 18.8. The number of carboxylic acids is 1. The van der Waals surface area contributed by atoms with Crippen LogP contribution in [0.2, 0.25) is 5.02 Å². The molecular formula is C25H24ClN3O4. The van der Waals surface area contributed by atoms with Crippen LogP contribution in [0, 0.1) is 0 Å². The summed E-state index contributed by atoms with van der Waals surface area (Å²) in [4.78, 5) is 16.1. The maximum atomic E-state index is 11.5. The normalized spacial score (nSPS) is 12.0. The van der Waals surface area contributed by atoms with Gasteiger partial charge in [0.05, 0.1) is 16.6 Å². The number of aryl methyl sites for hydroxylation is 1. The number of fused-ring (bicyclic) bond motifs is 1. The third kappa shape index (κ3) is 4.50. The minimum Gasteiger partial charge on any atom is -0.489 e. The first-order valence-electron chi connectivity index (χ1n) is 10.6. The number of carbonyl (C=O) groups is 1. The smallest absolute Gasteiger partial charge is 0.331 e. The minimum absolute atomic E-state index is 0.0118. The van der Waals surface area contributed by atoms with Gasteiger partial charge in [-0.1, -0.05) is 35.8 Å². The number of nitrogens with zero attached hydrogens (tertiary/aromatic N) is 3. The van der Waals surface area contributed by atoms with Gasteiger partial charge < -0.3 is 18.9 Å². The van der Waals surface area contributed by atoms with Crippen molar-refractivity contribution >= 4 is 34.5 Å². The molecule has 0 atom stereocenters. The van der Waals surface area contributed by atoms with Gasteiger partial charge in [-0.2, -0.15) is 4.98 Å². The molecule has 0 saturated heterocycles. The number of aliphatic carboxylic acids is 1. The molecular weight excluding hydrogens is 442 g/mol. The number of ether oxygens (including phenoxy) is 1. The number of halogens is 1. The van der Waals surface area contributed by atoms with Crippen molar-refractivity contribution in [1.82, 2.24) is 14.7 Å². The molecule has 33 heavy (non-hydrogen) atoms. The Labute approximate surface area is 196 Å². The molecule has 4 rings (SSSR count). The van der Waals surface area contributed by atoms with Gasteiger partial charge in [0.1, 0.15) is 5.75 Å². The Morgan fingerprint density at radius 2 is 2.09 bits per heavy atom. The second kappa shape index (κ2) is 9.11. The fraction of sp³-hybridized carbons (Fsp3) is 0.240. The Morgan fingerprint density at radius 3 is 2.76 bits per heavy atom. The van der Waals surface area contributed by atoms with E-state index in [1.54, 1.807) is 18.2 Å². The summed E-state index contributed by atoms with van der Waals surface area (Å²) in [6.45, 7) is 5.69. The summed E-state index contributed by atoms with van der Waals surface area (Å²) in [5, 5.41) is 15.0. The topological polar surface area (TPSA) is 90.4 Å². The SMILES string of the molecule is CCC(=Cc1cn(C)c2c(-c3noc(-c4ccc(OC(C)C)c(Cl)c4)n3)cccc12)C(=O)O. The second-order valence-corrected chi connectivity index (χ2v) is 8.37. The number of benzene rings is 2. The summed E-state index contributed by atoms with van der Waals surface area (Å²) in [5.74, 6) is 0.447. The van der Waals surface area contributed by atoms with Crippen LogP contribution in [-0.2, 0) is 11.8 Å². The summed E-state index contributed by atoms with van der Waals surface area (Å²) in [6.07, 6.45) is 4.06. The highest BCUT2D eigenvalue weighted by Gasteiger charge is 2.18. The van der Waals surface area contributed by atoms with Crippen LogP contribution in [0.15, 0.2) is 52.7 Å². The van der Waals surface area contributed by atoms with Crippen LogP contribution >= 0.6 is 11.6 Å². The Balaban J connectivity index is 1.75. The molecule has 0 unspecified atom stereocenters. The zero-order valence-corrected chi connectivity index (χ0v) is 19.6. The van der Waals surface area contributed by atoms with Crippen LogP contribution in [0.5, 0.6) is 5.75 Å². The first kappa shape index (κ1) is 22.6. The maximum Gasteiger partial charge on any atom is 0.331 e. The summed E-state index contributed by atoms with van der Waals surface area (Å²) >= 11 is 6.36. The third-order valence-electron chi connectivity index (χ3n) is 5.23. The lowest BCUT2D eigenvalue weighted by Gasteiger charge is -2.11. The monoisotopic (exact) mass is 465 g/mol. The fourth-order valence-electron chi connectivity index (χ4n) is 3.73. The van der Waals surface area contributed by atoms with E-state index in [9.17, 15) is 9.90 Å². The summed E-state index contributed by atoms with van der Waals surface area (Å²) in [6, 6.07) is 11.1. The van der Waals surface area contributed by atoms with Crippen LogP contribution in [-0.4, -0.2) is 31.9 Å². The van der Waals surface area contributed by atoms with Crippen molar-refractivity contribution in [2.75, 3.05) is 0 Å². The zero-order chi connectivity index (χ0) is 23.7. The molecule has 0 spiro atoms. The van der Waals surface area contributed by atoms with Crippen LogP contribution in [0.4, 0.5) is 0 Å². The van der Waals surface area contributed by atoms with E-state index in [0.29, 0.717) is 40.0 Å². The summed E-state index contributed by atoms with van der Waals surface area (Å²) in [5.41, 5.74) is 3.52. The highest BCUT2D eigenvalue weighted by Crippen LogP contribution is 2.34.